The number of nitrogens with zero attached hydrogens (tertiary/aromatic N) is 2. The third-order valence-corrected chi connectivity index (χ3v) is 3.71. The summed E-state index contributed by atoms with van der Waals surface area (Å²) in [5, 5.41) is 6.93. The zero-order valence-electron chi connectivity index (χ0n) is 14.3. The molecule has 0 atom stereocenters. The van der Waals surface area contributed by atoms with Gasteiger partial charge in [-0.1, -0.05) is 24.3 Å². The van der Waals surface area contributed by atoms with E-state index >= 15 is 0 Å². The van der Waals surface area contributed by atoms with E-state index in [0.717, 1.165) is 16.8 Å². The van der Waals surface area contributed by atoms with Gasteiger partial charge in [0.25, 0.3) is 5.91 Å². The first-order chi connectivity index (χ1) is 11.4. The van der Waals surface area contributed by atoms with Crippen molar-refractivity contribution in [3.05, 3.63) is 52.9 Å². The van der Waals surface area contributed by atoms with Gasteiger partial charge in [-0.2, -0.15) is 5.10 Å². The zero-order valence-corrected chi connectivity index (χ0v) is 14.3. The molecule has 1 amide bonds. The predicted molar refractivity (Wildman–Crippen MR) is 92.5 cm³/mol. The van der Waals surface area contributed by atoms with Crippen LogP contribution in [0.1, 0.15) is 22.5 Å². The fourth-order valence-corrected chi connectivity index (χ4v) is 2.25. The zero-order chi connectivity index (χ0) is 17.7. The Bertz CT molecular complexity index is 791. The first-order valence-electron chi connectivity index (χ1n) is 7.59. The van der Waals surface area contributed by atoms with E-state index in [1.165, 1.54) is 6.08 Å². The molecule has 6 heteroatoms. The minimum absolute atomic E-state index is 0.343. The molecule has 6 nitrogen and oxygen atoms in total. The Balaban J connectivity index is 1.87. The van der Waals surface area contributed by atoms with Gasteiger partial charge in [-0.05, 0) is 38.0 Å². The number of hydrogen-bond donors (Lipinski definition) is 1. The lowest BCUT2D eigenvalue weighted by Gasteiger charge is -2.06. The summed E-state index contributed by atoms with van der Waals surface area (Å²) in [6.07, 6.45) is 2.99. The molecule has 0 aliphatic rings. The number of hydrogen-bond acceptors (Lipinski definition) is 4. The number of carbonyl (C=O) groups excluding carboxylic acids is 2. The summed E-state index contributed by atoms with van der Waals surface area (Å²) in [6, 6.07) is 7.68. The molecular formula is C18H21N3O3. The fourth-order valence-electron chi connectivity index (χ4n) is 2.25. The summed E-state index contributed by atoms with van der Waals surface area (Å²) in [7, 11) is 1.80. The Morgan fingerprint density at radius 1 is 1.25 bits per heavy atom. The number of aromatic nitrogens is 2. The molecule has 0 aliphatic heterocycles. The molecule has 0 aliphatic carbocycles. The molecule has 0 saturated carbocycles. The van der Waals surface area contributed by atoms with Crippen molar-refractivity contribution in [2.24, 2.45) is 7.05 Å². The van der Waals surface area contributed by atoms with Crippen molar-refractivity contribution in [1.82, 2.24) is 9.78 Å². The van der Waals surface area contributed by atoms with Gasteiger partial charge in [-0.15, -0.1) is 0 Å². The minimum Gasteiger partial charge on any atom is -0.452 e. The second kappa shape index (κ2) is 7.59. The molecule has 0 saturated heterocycles. The lowest BCUT2D eigenvalue weighted by Crippen LogP contribution is -2.20. The van der Waals surface area contributed by atoms with Crippen LogP contribution in [-0.4, -0.2) is 28.3 Å². The lowest BCUT2D eigenvalue weighted by molar-refractivity contribution is -0.142. The number of anilines is 1. The summed E-state index contributed by atoms with van der Waals surface area (Å²) < 4.78 is 6.64. The van der Waals surface area contributed by atoms with Crippen molar-refractivity contribution in [1.29, 1.82) is 0 Å². The minimum atomic E-state index is -0.562. The third kappa shape index (κ3) is 4.32. The smallest absolute Gasteiger partial charge is 0.331 e. The van der Waals surface area contributed by atoms with Gasteiger partial charge in [0, 0.05) is 13.1 Å². The molecule has 2 rings (SSSR count). The number of benzene rings is 1. The summed E-state index contributed by atoms with van der Waals surface area (Å²) >= 11 is 0. The molecule has 126 valence electrons. The van der Waals surface area contributed by atoms with Crippen LogP contribution in [0.25, 0.3) is 6.08 Å². The number of nitrogens with one attached hydrogen (secondary N) is 1. The van der Waals surface area contributed by atoms with Crippen LogP contribution in [-0.2, 0) is 21.4 Å². The van der Waals surface area contributed by atoms with E-state index in [-0.39, 0.29) is 6.61 Å². The van der Waals surface area contributed by atoms with Crippen LogP contribution in [0.4, 0.5) is 5.69 Å². The van der Waals surface area contributed by atoms with Crippen molar-refractivity contribution < 1.29 is 14.3 Å². The van der Waals surface area contributed by atoms with Gasteiger partial charge in [-0.25, -0.2) is 4.79 Å². The second-order valence-electron chi connectivity index (χ2n) is 5.52. The quantitative estimate of drug-likeness (QED) is 0.676. The van der Waals surface area contributed by atoms with Crippen molar-refractivity contribution in [3.8, 4) is 0 Å². The second-order valence-corrected chi connectivity index (χ2v) is 5.52. The topological polar surface area (TPSA) is 73.2 Å². The molecule has 0 spiro atoms. The Labute approximate surface area is 141 Å². The molecule has 2 aromatic rings. The van der Waals surface area contributed by atoms with E-state index < -0.39 is 11.9 Å². The van der Waals surface area contributed by atoms with E-state index in [1.54, 1.807) is 24.7 Å². The highest BCUT2D eigenvalue weighted by atomic mass is 16.5. The molecular weight excluding hydrogens is 306 g/mol. The summed E-state index contributed by atoms with van der Waals surface area (Å²) in [5.41, 5.74) is 4.19. The number of rotatable bonds is 5. The number of amides is 1. The third-order valence-electron chi connectivity index (χ3n) is 3.71. The van der Waals surface area contributed by atoms with E-state index in [4.69, 9.17) is 4.74 Å². The molecule has 0 bridgehead atoms. The molecule has 24 heavy (non-hydrogen) atoms. The van der Waals surface area contributed by atoms with E-state index in [2.05, 4.69) is 10.4 Å². The van der Waals surface area contributed by atoms with Crippen LogP contribution in [0, 0.1) is 20.8 Å². The molecule has 1 aromatic heterocycles. The van der Waals surface area contributed by atoms with Gasteiger partial charge in [0.2, 0.25) is 0 Å². The highest BCUT2D eigenvalue weighted by Gasteiger charge is 2.13. The standard InChI is InChI=1S/C18H21N3O3/c1-12-7-5-6-8-15(12)9-10-17(23)24-11-16(22)19-18-13(2)20-21(4)14(18)3/h5-10H,11H2,1-4H3,(H,19,22)/b10-9+. The molecule has 0 unspecified atom stereocenters. The van der Waals surface area contributed by atoms with Gasteiger partial charge in [0.15, 0.2) is 6.61 Å². The maximum absolute atomic E-state index is 11.9. The maximum atomic E-state index is 11.9. The van der Waals surface area contributed by atoms with Gasteiger partial charge < -0.3 is 10.1 Å². The fraction of sp³-hybridized carbons (Fsp3) is 0.278. The number of aryl methyl sites for hydroxylation is 3. The summed E-state index contributed by atoms with van der Waals surface area (Å²) in [4.78, 5) is 23.6. The van der Waals surface area contributed by atoms with Crippen LogP contribution in [0.3, 0.4) is 0 Å². The van der Waals surface area contributed by atoms with Gasteiger partial charge in [0.05, 0.1) is 17.1 Å². The van der Waals surface area contributed by atoms with Gasteiger partial charge >= 0.3 is 5.97 Å². The first-order valence-corrected chi connectivity index (χ1v) is 7.59. The average Bonchev–Trinajstić information content (AvgIpc) is 2.78. The number of esters is 1. The Morgan fingerprint density at radius 3 is 2.58 bits per heavy atom. The monoisotopic (exact) mass is 327 g/mol. The molecule has 1 N–H and O–H groups in total. The van der Waals surface area contributed by atoms with E-state index in [1.807, 2.05) is 38.1 Å². The van der Waals surface area contributed by atoms with Gasteiger partial charge in [0.1, 0.15) is 0 Å². The molecule has 0 fully saturated rings. The van der Waals surface area contributed by atoms with Crippen molar-refractivity contribution >= 4 is 23.6 Å². The summed E-state index contributed by atoms with van der Waals surface area (Å²) in [5.74, 6) is -0.958. The van der Waals surface area contributed by atoms with Crippen LogP contribution >= 0.6 is 0 Å². The maximum Gasteiger partial charge on any atom is 0.331 e. The van der Waals surface area contributed by atoms with Gasteiger partial charge in [-0.3, -0.25) is 9.48 Å². The normalized spacial score (nSPS) is 10.8. The first kappa shape index (κ1) is 17.5. The number of carbonyl (C=O) groups is 2. The summed E-state index contributed by atoms with van der Waals surface area (Å²) in [6.45, 7) is 5.27. The van der Waals surface area contributed by atoms with E-state index in [0.29, 0.717) is 11.4 Å². The lowest BCUT2D eigenvalue weighted by atomic mass is 10.1. The Kier molecular flexibility index (Phi) is 5.52. The Hall–Kier alpha value is -2.89. The van der Waals surface area contributed by atoms with Crippen molar-refractivity contribution in [2.45, 2.75) is 20.8 Å². The van der Waals surface area contributed by atoms with Crippen LogP contribution in [0.15, 0.2) is 30.3 Å². The highest BCUT2D eigenvalue weighted by molar-refractivity contribution is 5.95. The number of ether oxygens (including phenoxy) is 1. The Morgan fingerprint density at radius 2 is 1.96 bits per heavy atom. The van der Waals surface area contributed by atoms with E-state index in [9.17, 15) is 9.59 Å². The molecule has 1 heterocycles. The largest absolute Gasteiger partial charge is 0.452 e. The van der Waals surface area contributed by atoms with Crippen LogP contribution < -0.4 is 5.32 Å². The van der Waals surface area contributed by atoms with Crippen LogP contribution in [0.5, 0.6) is 0 Å². The predicted octanol–water partition coefficient (Wildman–Crippen LogP) is 2.54. The SMILES string of the molecule is Cc1ccccc1/C=C/C(=O)OCC(=O)Nc1c(C)nn(C)c1C. The van der Waals surface area contributed by atoms with Crippen molar-refractivity contribution in [3.63, 3.8) is 0 Å². The van der Waals surface area contributed by atoms with Crippen LogP contribution in [0.2, 0.25) is 0 Å². The average molecular weight is 327 g/mol. The molecule has 1 aromatic carbocycles. The molecule has 0 radical (unpaired) electrons. The van der Waals surface area contributed by atoms with Crippen molar-refractivity contribution in [2.75, 3.05) is 11.9 Å². The highest BCUT2D eigenvalue weighted by Crippen LogP contribution is 2.18.